The van der Waals surface area contributed by atoms with Crippen LogP contribution in [0.5, 0.6) is 0 Å². The van der Waals surface area contributed by atoms with Crippen LogP contribution in [0.25, 0.3) is 0 Å². The number of nitrogens with two attached hydrogens (primary N) is 1. The third-order valence-electron chi connectivity index (χ3n) is 5.16. The highest BCUT2D eigenvalue weighted by Crippen LogP contribution is 2.27. The molecule has 1 aromatic heterocycles. The molecule has 0 radical (unpaired) electrons. The number of hydrogen-bond donors (Lipinski definition) is 3. The van der Waals surface area contributed by atoms with Crippen LogP contribution in [0, 0.1) is 12.8 Å². The molecule has 1 heterocycles. The lowest BCUT2D eigenvalue weighted by Gasteiger charge is -2.30. The average molecular weight is 333 g/mol. The van der Waals surface area contributed by atoms with Gasteiger partial charge in [-0.15, -0.1) is 0 Å². The van der Waals surface area contributed by atoms with Crippen LogP contribution in [0.15, 0.2) is 0 Å². The van der Waals surface area contributed by atoms with Crippen molar-refractivity contribution < 1.29 is 9.59 Å². The lowest BCUT2D eigenvalue weighted by molar-refractivity contribution is 0.0910. The van der Waals surface area contributed by atoms with Gasteiger partial charge in [0.25, 0.3) is 5.91 Å². The standard InChI is InChI=1S/C19H31N3O2/c1-4-8-15-17(13(3)23)12(2)21-18(15)19(24)22-16(11-20)14-9-6-5-7-10-14/h14,16,21H,4-11,20H2,1-3H3,(H,22,24). The fourth-order valence-electron chi connectivity index (χ4n) is 3.99. The highest BCUT2D eigenvalue weighted by Gasteiger charge is 2.27. The third-order valence-corrected chi connectivity index (χ3v) is 5.16. The summed E-state index contributed by atoms with van der Waals surface area (Å²) < 4.78 is 0. The molecule has 1 aromatic rings. The Balaban J connectivity index is 2.21. The second-order valence-corrected chi connectivity index (χ2v) is 7.00. The molecule has 5 heteroatoms. The summed E-state index contributed by atoms with van der Waals surface area (Å²) in [6.45, 7) is 5.92. The maximum Gasteiger partial charge on any atom is 0.268 e. The Bertz CT molecular complexity index is 586. The zero-order valence-corrected chi connectivity index (χ0v) is 15.2. The molecule has 1 aliphatic rings. The zero-order valence-electron chi connectivity index (χ0n) is 15.2. The van der Waals surface area contributed by atoms with E-state index >= 15 is 0 Å². The summed E-state index contributed by atoms with van der Waals surface area (Å²) in [6, 6.07) is 0.0108. The molecule has 1 aliphatic carbocycles. The number of H-pyrrole nitrogens is 1. The highest BCUT2D eigenvalue weighted by atomic mass is 16.2. The smallest absolute Gasteiger partial charge is 0.268 e. The molecule has 0 saturated heterocycles. The van der Waals surface area contributed by atoms with Crippen molar-refractivity contribution in [3.8, 4) is 0 Å². The van der Waals surface area contributed by atoms with E-state index in [0.717, 1.165) is 36.9 Å². The van der Waals surface area contributed by atoms with Crippen molar-refractivity contribution in [2.45, 2.75) is 71.8 Å². The van der Waals surface area contributed by atoms with E-state index in [1.807, 2.05) is 6.92 Å². The number of amides is 1. The van der Waals surface area contributed by atoms with Crippen LogP contribution < -0.4 is 11.1 Å². The van der Waals surface area contributed by atoms with E-state index in [-0.39, 0.29) is 17.7 Å². The molecular weight excluding hydrogens is 302 g/mol. The molecule has 0 aromatic carbocycles. The van der Waals surface area contributed by atoms with Gasteiger partial charge in [0.2, 0.25) is 0 Å². The predicted octanol–water partition coefficient (Wildman–Crippen LogP) is 3.12. The van der Waals surface area contributed by atoms with Crippen molar-refractivity contribution in [3.63, 3.8) is 0 Å². The van der Waals surface area contributed by atoms with E-state index in [4.69, 9.17) is 5.73 Å². The van der Waals surface area contributed by atoms with Crippen LogP contribution >= 0.6 is 0 Å². The van der Waals surface area contributed by atoms with Gasteiger partial charge in [-0.2, -0.15) is 0 Å². The summed E-state index contributed by atoms with van der Waals surface area (Å²) in [6.07, 6.45) is 7.58. The number of aromatic amines is 1. The molecule has 5 nitrogen and oxygen atoms in total. The van der Waals surface area contributed by atoms with Crippen LogP contribution in [-0.4, -0.2) is 29.3 Å². The monoisotopic (exact) mass is 333 g/mol. The van der Waals surface area contributed by atoms with Crippen molar-refractivity contribution in [2.75, 3.05) is 6.54 Å². The molecule has 24 heavy (non-hydrogen) atoms. The van der Waals surface area contributed by atoms with Gasteiger partial charge < -0.3 is 16.0 Å². The van der Waals surface area contributed by atoms with E-state index in [9.17, 15) is 9.59 Å². The molecule has 4 N–H and O–H groups in total. The number of ketones is 1. The van der Waals surface area contributed by atoms with Crippen LogP contribution in [-0.2, 0) is 6.42 Å². The molecule has 1 unspecified atom stereocenters. The van der Waals surface area contributed by atoms with Gasteiger partial charge in [-0.25, -0.2) is 0 Å². The van der Waals surface area contributed by atoms with Crippen molar-refractivity contribution in [1.82, 2.24) is 10.3 Å². The van der Waals surface area contributed by atoms with Gasteiger partial charge in [0.1, 0.15) is 5.69 Å². The van der Waals surface area contributed by atoms with E-state index in [2.05, 4.69) is 17.2 Å². The van der Waals surface area contributed by atoms with Crippen LogP contribution in [0.4, 0.5) is 0 Å². The Labute approximate surface area is 144 Å². The van der Waals surface area contributed by atoms with Gasteiger partial charge in [0.05, 0.1) is 0 Å². The fraction of sp³-hybridized carbons (Fsp3) is 0.684. The molecule has 0 aliphatic heterocycles. The number of carbonyl (C=O) groups is 2. The topological polar surface area (TPSA) is 88.0 Å². The molecule has 1 fully saturated rings. The summed E-state index contributed by atoms with van der Waals surface area (Å²) in [5, 5.41) is 3.12. The van der Waals surface area contributed by atoms with Crippen LogP contribution in [0.3, 0.4) is 0 Å². The minimum Gasteiger partial charge on any atom is -0.354 e. The number of aromatic nitrogens is 1. The minimum absolute atomic E-state index is 0.00825. The second-order valence-electron chi connectivity index (χ2n) is 7.00. The van der Waals surface area contributed by atoms with Crippen molar-refractivity contribution >= 4 is 11.7 Å². The van der Waals surface area contributed by atoms with Gasteiger partial charge in [0, 0.05) is 23.8 Å². The Morgan fingerprint density at radius 1 is 1.29 bits per heavy atom. The molecule has 134 valence electrons. The minimum atomic E-state index is -0.130. The first-order valence-electron chi connectivity index (χ1n) is 9.22. The summed E-state index contributed by atoms with van der Waals surface area (Å²) in [5.74, 6) is 0.342. The van der Waals surface area contributed by atoms with E-state index in [0.29, 0.717) is 23.7 Å². The molecular formula is C19H31N3O2. The lowest BCUT2D eigenvalue weighted by atomic mass is 9.84. The van der Waals surface area contributed by atoms with E-state index < -0.39 is 0 Å². The first-order chi connectivity index (χ1) is 11.5. The average Bonchev–Trinajstić information content (AvgIpc) is 2.90. The number of rotatable bonds is 7. The summed E-state index contributed by atoms with van der Waals surface area (Å²) in [5.41, 5.74) is 8.76. The van der Waals surface area contributed by atoms with E-state index in [1.54, 1.807) is 6.92 Å². The quantitative estimate of drug-likeness (QED) is 0.670. The first-order valence-corrected chi connectivity index (χ1v) is 9.22. The maximum absolute atomic E-state index is 12.8. The lowest BCUT2D eigenvalue weighted by Crippen LogP contribution is -2.46. The normalized spacial score (nSPS) is 16.8. The molecule has 1 atom stereocenters. The Morgan fingerprint density at radius 3 is 2.50 bits per heavy atom. The Morgan fingerprint density at radius 2 is 1.96 bits per heavy atom. The van der Waals surface area contributed by atoms with Gasteiger partial charge in [-0.05, 0) is 44.6 Å². The van der Waals surface area contributed by atoms with Gasteiger partial charge in [-0.3, -0.25) is 9.59 Å². The largest absolute Gasteiger partial charge is 0.354 e. The van der Waals surface area contributed by atoms with Crippen molar-refractivity contribution in [1.29, 1.82) is 0 Å². The second kappa shape index (κ2) is 8.47. The summed E-state index contributed by atoms with van der Waals surface area (Å²) in [7, 11) is 0. The zero-order chi connectivity index (χ0) is 17.7. The number of aryl methyl sites for hydroxylation is 1. The molecule has 1 amide bonds. The Hall–Kier alpha value is -1.62. The Kier molecular flexibility index (Phi) is 6.60. The number of carbonyl (C=O) groups excluding carboxylic acids is 2. The molecule has 1 saturated carbocycles. The van der Waals surface area contributed by atoms with Crippen LogP contribution in [0.1, 0.15) is 84.5 Å². The maximum atomic E-state index is 12.8. The predicted molar refractivity (Wildman–Crippen MR) is 96.4 cm³/mol. The summed E-state index contributed by atoms with van der Waals surface area (Å²) in [4.78, 5) is 27.9. The van der Waals surface area contributed by atoms with E-state index in [1.165, 1.54) is 19.3 Å². The third kappa shape index (κ3) is 4.07. The highest BCUT2D eigenvalue weighted by molar-refractivity contribution is 6.02. The van der Waals surface area contributed by atoms with Gasteiger partial charge >= 0.3 is 0 Å². The molecule has 0 bridgehead atoms. The molecule has 2 rings (SSSR count). The van der Waals surface area contributed by atoms with Crippen molar-refractivity contribution in [3.05, 3.63) is 22.5 Å². The fourth-order valence-corrected chi connectivity index (χ4v) is 3.99. The van der Waals surface area contributed by atoms with Gasteiger partial charge in [-0.1, -0.05) is 32.6 Å². The summed E-state index contributed by atoms with van der Waals surface area (Å²) >= 11 is 0. The van der Waals surface area contributed by atoms with Gasteiger partial charge in [0.15, 0.2) is 5.78 Å². The number of hydrogen-bond acceptors (Lipinski definition) is 3. The van der Waals surface area contributed by atoms with Crippen LogP contribution in [0.2, 0.25) is 0 Å². The first kappa shape index (κ1) is 18.7. The number of nitrogens with one attached hydrogen (secondary N) is 2. The molecule has 0 spiro atoms. The number of Topliss-reactive ketones (excluding diaryl/α,β-unsaturated/α-hetero) is 1. The van der Waals surface area contributed by atoms with Crippen molar-refractivity contribution in [2.24, 2.45) is 11.7 Å². The SMILES string of the molecule is CCCc1c(C(=O)NC(CN)C2CCCCC2)[nH]c(C)c1C(C)=O.